The molecule has 8 heteroatoms. The summed E-state index contributed by atoms with van der Waals surface area (Å²) in [7, 11) is 0. The summed E-state index contributed by atoms with van der Waals surface area (Å²) in [6.45, 7) is -0.363. The topological polar surface area (TPSA) is 49.3 Å². The van der Waals surface area contributed by atoms with E-state index in [4.69, 9.17) is 5.11 Å². The fourth-order valence-electron chi connectivity index (χ4n) is 1.25. The van der Waals surface area contributed by atoms with Gasteiger partial charge in [0, 0.05) is 12.1 Å². The normalized spacial score (nSPS) is 15.1. The Balaban J connectivity index is 2.96. The number of carbonyl (C=O) groups is 1. The first-order valence-corrected chi connectivity index (χ1v) is 5.07. The highest BCUT2D eigenvalue weighted by atomic mass is 19.4. The fourth-order valence-corrected chi connectivity index (χ4v) is 1.25. The highest BCUT2D eigenvalue weighted by molar-refractivity contribution is 5.79. The van der Waals surface area contributed by atoms with Crippen LogP contribution in [0.15, 0.2) is 18.2 Å². The van der Waals surface area contributed by atoms with Crippen molar-refractivity contribution < 1.29 is 31.9 Å². The first-order valence-electron chi connectivity index (χ1n) is 5.07. The molecule has 0 aliphatic heterocycles. The van der Waals surface area contributed by atoms with E-state index in [1.54, 1.807) is 5.32 Å². The number of nitrogens with one attached hydrogen (secondary N) is 1. The number of benzene rings is 1. The zero-order valence-electron chi connectivity index (χ0n) is 9.68. The van der Waals surface area contributed by atoms with Crippen molar-refractivity contribution in [3.63, 3.8) is 0 Å². The number of aliphatic carboxylic acids is 1. The lowest BCUT2D eigenvalue weighted by Crippen LogP contribution is -2.59. The van der Waals surface area contributed by atoms with Crippen LogP contribution in [-0.4, -0.2) is 22.8 Å². The second kappa shape index (κ2) is 5.12. The van der Waals surface area contributed by atoms with Crippen molar-refractivity contribution in [1.82, 2.24) is 5.32 Å². The van der Waals surface area contributed by atoms with Crippen LogP contribution in [0.1, 0.15) is 12.5 Å². The van der Waals surface area contributed by atoms with E-state index in [0.29, 0.717) is 6.92 Å². The molecule has 0 aromatic heterocycles. The first-order chi connectivity index (χ1) is 8.59. The second-order valence-corrected chi connectivity index (χ2v) is 3.99. The molecule has 0 heterocycles. The zero-order valence-corrected chi connectivity index (χ0v) is 9.68. The maximum Gasteiger partial charge on any atom is 0.417 e. The van der Waals surface area contributed by atoms with Gasteiger partial charge in [-0.3, -0.25) is 5.32 Å². The van der Waals surface area contributed by atoms with Gasteiger partial charge in [0.15, 0.2) is 11.6 Å². The lowest BCUT2D eigenvalue weighted by Gasteiger charge is -2.28. The van der Waals surface area contributed by atoms with E-state index in [0.717, 1.165) is 18.2 Å². The molecule has 0 aliphatic carbocycles. The minimum atomic E-state index is -5.08. The predicted molar refractivity (Wildman–Crippen MR) is 55.3 cm³/mol. The quantitative estimate of drug-likeness (QED) is 0.834. The van der Waals surface area contributed by atoms with Gasteiger partial charge in [0.1, 0.15) is 0 Å². The Morgan fingerprint density at radius 2 is 1.89 bits per heavy atom. The third-order valence-electron chi connectivity index (χ3n) is 2.66. The number of hydrogen-bond donors (Lipinski definition) is 2. The highest BCUT2D eigenvalue weighted by Gasteiger charge is 2.57. The molecule has 0 spiro atoms. The summed E-state index contributed by atoms with van der Waals surface area (Å²) in [6, 6.07) is 2.98. The van der Waals surface area contributed by atoms with Crippen LogP contribution in [0.2, 0.25) is 0 Å². The first kappa shape index (κ1) is 15.4. The number of carboxylic acids is 1. The van der Waals surface area contributed by atoms with Crippen molar-refractivity contribution >= 4 is 5.97 Å². The van der Waals surface area contributed by atoms with Crippen molar-refractivity contribution in [2.75, 3.05) is 0 Å². The number of alkyl halides is 3. The molecule has 0 fully saturated rings. The van der Waals surface area contributed by atoms with Crippen LogP contribution < -0.4 is 5.32 Å². The summed E-state index contributed by atoms with van der Waals surface area (Å²) >= 11 is 0. The van der Waals surface area contributed by atoms with Crippen molar-refractivity contribution in [3.05, 3.63) is 35.4 Å². The van der Waals surface area contributed by atoms with Gasteiger partial charge in [-0.15, -0.1) is 0 Å². The molecule has 1 unspecified atom stereocenters. The molecule has 0 aliphatic rings. The van der Waals surface area contributed by atoms with E-state index in [1.807, 2.05) is 0 Å². The van der Waals surface area contributed by atoms with Gasteiger partial charge in [-0.1, -0.05) is 12.1 Å². The maximum absolute atomic E-state index is 13.2. The fraction of sp³-hybridized carbons (Fsp3) is 0.364. The Morgan fingerprint density at radius 1 is 1.32 bits per heavy atom. The molecule has 0 radical (unpaired) electrons. The van der Waals surface area contributed by atoms with Gasteiger partial charge in [0.2, 0.25) is 5.54 Å². The van der Waals surface area contributed by atoms with E-state index in [2.05, 4.69) is 0 Å². The summed E-state index contributed by atoms with van der Waals surface area (Å²) in [5.41, 5.74) is -3.64. The maximum atomic E-state index is 13.2. The van der Waals surface area contributed by atoms with Crippen LogP contribution in [0, 0.1) is 11.6 Å². The SMILES string of the molecule is CC(NCc1cccc(F)c1F)(C(=O)O)C(F)(F)F. The number of hydrogen-bond acceptors (Lipinski definition) is 2. The molecule has 1 atom stereocenters. The van der Waals surface area contributed by atoms with E-state index >= 15 is 0 Å². The minimum Gasteiger partial charge on any atom is -0.480 e. The van der Waals surface area contributed by atoms with Gasteiger partial charge in [0.25, 0.3) is 0 Å². The smallest absolute Gasteiger partial charge is 0.417 e. The molecule has 3 nitrogen and oxygen atoms in total. The van der Waals surface area contributed by atoms with Crippen molar-refractivity contribution in [2.24, 2.45) is 0 Å². The van der Waals surface area contributed by atoms with Gasteiger partial charge in [-0.25, -0.2) is 13.6 Å². The van der Waals surface area contributed by atoms with Crippen molar-refractivity contribution in [1.29, 1.82) is 0 Å². The average molecular weight is 283 g/mol. The van der Waals surface area contributed by atoms with Crippen LogP contribution in [0.4, 0.5) is 22.0 Å². The van der Waals surface area contributed by atoms with E-state index in [9.17, 15) is 26.7 Å². The largest absolute Gasteiger partial charge is 0.480 e. The van der Waals surface area contributed by atoms with E-state index in [-0.39, 0.29) is 0 Å². The molecule has 0 saturated carbocycles. The zero-order chi connectivity index (χ0) is 14.8. The Bertz CT molecular complexity index is 488. The third-order valence-corrected chi connectivity index (χ3v) is 2.66. The molecule has 1 aromatic rings. The molecule has 0 bridgehead atoms. The molecular formula is C11H10F5NO2. The van der Waals surface area contributed by atoms with Crippen LogP contribution in [0.25, 0.3) is 0 Å². The molecule has 1 aromatic carbocycles. The standard InChI is InChI=1S/C11H10F5NO2/c1-10(9(18)19,11(14,15)16)17-5-6-3-2-4-7(12)8(6)13/h2-4,17H,5H2,1H3,(H,18,19). The monoisotopic (exact) mass is 283 g/mol. The Hall–Kier alpha value is -1.70. The van der Waals surface area contributed by atoms with Crippen LogP contribution in [-0.2, 0) is 11.3 Å². The number of rotatable bonds is 4. The minimum absolute atomic E-state index is 0.392. The van der Waals surface area contributed by atoms with Gasteiger partial charge >= 0.3 is 12.1 Å². The molecule has 1 rings (SSSR count). The van der Waals surface area contributed by atoms with Crippen LogP contribution >= 0.6 is 0 Å². The summed E-state index contributed by atoms with van der Waals surface area (Å²) in [5.74, 6) is -4.69. The molecule has 19 heavy (non-hydrogen) atoms. The predicted octanol–water partition coefficient (Wildman–Crippen LogP) is 2.46. The number of halogens is 5. The summed E-state index contributed by atoms with van der Waals surface area (Å²) < 4.78 is 64.0. The summed E-state index contributed by atoms with van der Waals surface area (Å²) in [4.78, 5) is 10.7. The van der Waals surface area contributed by atoms with Crippen molar-refractivity contribution in [2.45, 2.75) is 25.2 Å². The Kier molecular flexibility index (Phi) is 4.14. The van der Waals surface area contributed by atoms with Gasteiger partial charge in [-0.2, -0.15) is 13.2 Å². The highest BCUT2D eigenvalue weighted by Crippen LogP contribution is 2.30. The Morgan fingerprint density at radius 3 is 2.37 bits per heavy atom. The Labute approximate surface area is 105 Å². The lowest BCUT2D eigenvalue weighted by molar-refractivity contribution is -0.206. The van der Waals surface area contributed by atoms with Crippen LogP contribution in [0.5, 0.6) is 0 Å². The van der Waals surface area contributed by atoms with E-state index < -0.39 is 41.4 Å². The van der Waals surface area contributed by atoms with Crippen molar-refractivity contribution in [3.8, 4) is 0 Å². The summed E-state index contributed by atoms with van der Waals surface area (Å²) in [5, 5.41) is 10.3. The van der Waals surface area contributed by atoms with Gasteiger partial charge in [0.05, 0.1) is 0 Å². The van der Waals surface area contributed by atoms with Crippen LogP contribution in [0.3, 0.4) is 0 Å². The van der Waals surface area contributed by atoms with E-state index in [1.165, 1.54) is 0 Å². The van der Waals surface area contributed by atoms with Gasteiger partial charge in [-0.05, 0) is 13.0 Å². The molecule has 106 valence electrons. The molecule has 0 amide bonds. The number of carboxylic acid groups (broad SMARTS) is 1. The summed E-state index contributed by atoms with van der Waals surface area (Å²) in [6.07, 6.45) is -5.08. The average Bonchev–Trinajstić information content (AvgIpc) is 2.28. The third kappa shape index (κ3) is 3.01. The molecule has 2 N–H and O–H groups in total. The lowest BCUT2D eigenvalue weighted by atomic mass is 10.0. The van der Waals surface area contributed by atoms with Gasteiger partial charge < -0.3 is 5.11 Å². The molecule has 0 saturated heterocycles. The molecular weight excluding hydrogens is 273 g/mol. The second-order valence-electron chi connectivity index (χ2n) is 3.99.